The normalized spacial score (nSPS) is 20.4. The van der Waals surface area contributed by atoms with Crippen molar-refractivity contribution in [3.8, 4) is 0 Å². The number of ketones is 1. The van der Waals surface area contributed by atoms with Gasteiger partial charge < -0.3 is 20.0 Å². The lowest BCUT2D eigenvalue weighted by Crippen LogP contribution is -2.69. The van der Waals surface area contributed by atoms with E-state index < -0.39 is 54.2 Å². The smallest absolute Gasteiger partial charge is 0.442 e. The van der Waals surface area contributed by atoms with Gasteiger partial charge in [0.15, 0.2) is 13.4 Å². The summed E-state index contributed by atoms with van der Waals surface area (Å²) in [6.07, 6.45) is 0.769. The van der Waals surface area contributed by atoms with Crippen molar-refractivity contribution in [3.05, 3.63) is 18.2 Å². The molecule has 1 N–H and O–H groups in total. The second-order valence-electron chi connectivity index (χ2n) is 8.87. The zero-order valence-electron chi connectivity index (χ0n) is 19.1. The SMILES string of the molecule is C=CCOC(=O)C(=[N+]=[N-])C(=O)[C@@H](SC(C)=O)[C@H]1NC(=O)[C@@H]1[C@@H](C)O[Si](C)(C)C(C)(C)C. The molecular formula is C20H31N3O6SSi. The van der Waals surface area contributed by atoms with Crippen molar-refractivity contribution in [1.29, 1.82) is 0 Å². The van der Waals surface area contributed by atoms with Crippen LogP contribution in [0.15, 0.2) is 12.7 Å². The summed E-state index contributed by atoms with van der Waals surface area (Å²) in [5, 5.41) is 0.983. The molecule has 0 unspecified atom stereocenters. The highest BCUT2D eigenvalue weighted by Crippen LogP contribution is 2.40. The van der Waals surface area contributed by atoms with Crippen LogP contribution in [0.25, 0.3) is 5.53 Å². The molecule has 1 fully saturated rings. The average molecular weight is 470 g/mol. The Hall–Kier alpha value is -2.07. The molecule has 0 aromatic heterocycles. The van der Waals surface area contributed by atoms with Crippen LogP contribution in [0.3, 0.4) is 0 Å². The van der Waals surface area contributed by atoms with E-state index in [1.165, 1.54) is 13.0 Å². The lowest BCUT2D eigenvalue weighted by molar-refractivity contribution is -0.142. The van der Waals surface area contributed by atoms with Crippen LogP contribution in [0.2, 0.25) is 18.1 Å². The molecule has 1 rings (SSSR count). The number of Topliss-reactive ketones (excluding diaryl/α,β-unsaturated/α-hetero) is 1. The molecule has 0 aromatic carbocycles. The number of nitrogens with one attached hydrogen (secondary N) is 1. The minimum Gasteiger partial charge on any atom is -0.453 e. The Bertz CT molecular complexity index is 816. The second-order valence-corrected chi connectivity index (χ2v) is 14.9. The lowest BCUT2D eigenvalue weighted by Gasteiger charge is -2.46. The van der Waals surface area contributed by atoms with Gasteiger partial charge in [-0.1, -0.05) is 45.2 Å². The topological polar surface area (TPSA) is 135 Å². The molecule has 1 aliphatic heterocycles. The van der Waals surface area contributed by atoms with E-state index in [1.807, 2.05) is 13.1 Å². The van der Waals surface area contributed by atoms with Gasteiger partial charge in [0.1, 0.15) is 11.9 Å². The van der Waals surface area contributed by atoms with Gasteiger partial charge in [0.2, 0.25) is 5.91 Å². The molecule has 0 aliphatic carbocycles. The van der Waals surface area contributed by atoms with E-state index in [0.29, 0.717) is 11.8 Å². The number of thioether (sulfide) groups is 1. The molecule has 1 aliphatic rings. The van der Waals surface area contributed by atoms with Gasteiger partial charge in [-0.2, -0.15) is 4.79 Å². The first-order valence-electron chi connectivity index (χ1n) is 9.87. The van der Waals surface area contributed by atoms with Crippen LogP contribution in [0.4, 0.5) is 0 Å². The second kappa shape index (κ2) is 10.5. The van der Waals surface area contributed by atoms with Gasteiger partial charge in [-0.25, -0.2) is 4.79 Å². The molecule has 172 valence electrons. The standard InChI is InChI=1S/C20H31N3O6SSi/c1-9-10-28-19(27)15(23-21)16(25)17(30-12(3)24)14-13(18(26)22-14)11(2)29-31(7,8)20(4,5)6/h9,11,13-14,17H,1,10H2,2-8H3,(H,22,26)/t11-,13-,14+,17+/m1/s1. The lowest BCUT2D eigenvalue weighted by atomic mass is 9.82. The molecule has 0 bridgehead atoms. The number of nitrogens with zero attached hydrogens (tertiary/aromatic N) is 2. The third-order valence-electron chi connectivity index (χ3n) is 5.53. The number of β-lactam (4-membered cyclic amide) rings is 1. The molecule has 0 spiro atoms. The van der Waals surface area contributed by atoms with Crippen LogP contribution >= 0.6 is 11.8 Å². The third kappa shape index (κ3) is 6.46. The summed E-state index contributed by atoms with van der Waals surface area (Å²) in [5.74, 6) is -3.07. The summed E-state index contributed by atoms with van der Waals surface area (Å²) in [4.78, 5) is 52.1. The van der Waals surface area contributed by atoms with Crippen LogP contribution in [0, 0.1) is 5.92 Å². The highest BCUT2D eigenvalue weighted by molar-refractivity contribution is 8.14. The van der Waals surface area contributed by atoms with Crippen molar-refractivity contribution in [3.63, 3.8) is 0 Å². The molecule has 0 aromatic rings. The Morgan fingerprint density at radius 3 is 2.35 bits per heavy atom. The van der Waals surface area contributed by atoms with Crippen molar-refractivity contribution in [1.82, 2.24) is 5.32 Å². The molecule has 9 nitrogen and oxygen atoms in total. The fraction of sp³-hybridized carbons (Fsp3) is 0.650. The minimum absolute atomic E-state index is 0.0913. The molecule has 4 atom stereocenters. The molecule has 0 saturated carbocycles. The van der Waals surface area contributed by atoms with Crippen molar-refractivity contribution < 1.29 is 33.1 Å². The number of hydrogen-bond donors (Lipinski definition) is 1. The van der Waals surface area contributed by atoms with Crippen molar-refractivity contribution in [2.75, 3.05) is 6.61 Å². The van der Waals surface area contributed by atoms with E-state index in [2.05, 4.69) is 37.5 Å². The van der Waals surface area contributed by atoms with E-state index >= 15 is 0 Å². The van der Waals surface area contributed by atoms with Gasteiger partial charge in [-0.15, -0.1) is 0 Å². The Morgan fingerprint density at radius 2 is 1.94 bits per heavy atom. The maximum Gasteiger partial charge on any atom is 0.442 e. The number of amides is 1. The van der Waals surface area contributed by atoms with Crippen molar-refractivity contribution in [2.24, 2.45) is 5.92 Å². The zero-order valence-corrected chi connectivity index (χ0v) is 20.9. The van der Waals surface area contributed by atoms with Crippen molar-refractivity contribution in [2.45, 2.75) is 70.1 Å². The van der Waals surface area contributed by atoms with Gasteiger partial charge in [0.25, 0.3) is 5.78 Å². The first-order valence-corrected chi connectivity index (χ1v) is 13.7. The Labute approximate surface area is 188 Å². The van der Waals surface area contributed by atoms with Gasteiger partial charge in [-0.3, -0.25) is 14.4 Å². The van der Waals surface area contributed by atoms with Gasteiger partial charge in [0, 0.05) is 6.92 Å². The molecule has 0 radical (unpaired) electrons. The van der Waals surface area contributed by atoms with Gasteiger partial charge in [0.05, 0.1) is 18.1 Å². The zero-order chi connectivity index (χ0) is 24.1. The molecule has 1 amide bonds. The third-order valence-corrected chi connectivity index (χ3v) is 11.2. The molecule has 1 saturated heterocycles. The van der Waals surface area contributed by atoms with E-state index in [1.54, 1.807) is 6.92 Å². The number of ether oxygens (including phenoxy) is 1. The Morgan fingerprint density at radius 1 is 1.35 bits per heavy atom. The first kappa shape index (κ1) is 27.0. The first-order chi connectivity index (χ1) is 14.2. The van der Waals surface area contributed by atoms with Crippen LogP contribution in [0.1, 0.15) is 34.6 Å². The largest absolute Gasteiger partial charge is 0.453 e. The molecule has 1 heterocycles. The number of rotatable bonds is 10. The highest BCUT2D eigenvalue weighted by atomic mass is 32.2. The summed E-state index contributed by atoms with van der Waals surface area (Å²) < 4.78 is 11.1. The van der Waals surface area contributed by atoms with Crippen LogP contribution < -0.4 is 5.32 Å². The van der Waals surface area contributed by atoms with E-state index in [4.69, 9.17) is 9.16 Å². The number of carbonyl (C=O) groups is 4. The predicted molar refractivity (Wildman–Crippen MR) is 120 cm³/mol. The Kier molecular flexibility index (Phi) is 9.13. The predicted octanol–water partition coefficient (Wildman–Crippen LogP) is 2.13. The summed E-state index contributed by atoms with van der Waals surface area (Å²) in [6, 6.07) is -0.780. The summed E-state index contributed by atoms with van der Waals surface area (Å²) in [7, 11) is -2.21. The van der Waals surface area contributed by atoms with Gasteiger partial charge >= 0.3 is 11.7 Å². The number of hydrogen-bond acceptors (Lipinski definition) is 7. The van der Waals surface area contributed by atoms with E-state index in [0.717, 1.165) is 0 Å². The number of carbonyl (C=O) groups excluding carboxylic acids is 4. The monoisotopic (exact) mass is 469 g/mol. The van der Waals surface area contributed by atoms with E-state index in [9.17, 15) is 24.7 Å². The van der Waals surface area contributed by atoms with Crippen LogP contribution in [0.5, 0.6) is 0 Å². The Balaban J connectivity index is 3.18. The van der Waals surface area contributed by atoms with Crippen LogP contribution in [-0.4, -0.2) is 65.6 Å². The fourth-order valence-electron chi connectivity index (χ4n) is 2.90. The van der Waals surface area contributed by atoms with Crippen molar-refractivity contribution >= 4 is 48.6 Å². The average Bonchev–Trinajstić information content (AvgIpc) is 2.61. The minimum atomic E-state index is -2.21. The molecule has 11 heteroatoms. The summed E-state index contributed by atoms with van der Waals surface area (Å²) in [6.45, 7) is 16.6. The highest BCUT2D eigenvalue weighted by Gasteiger charge is 2.54. The summed E-state index contributed by atoms with van der Waals surface area (Å²) in [5.41, 5.74) is 8.38. The van der Waals surface area contributed by atoms with Gasteiger partial charge in [-0.05, 0) is 25.1 Å². The summed E-state index contributed by atoms with van der Waals surface area (Å²) >= 11 is 0.656. The molecular weight excluding hydrogens is 438 g/mol. The maximum atomic E-state index is 13.0. The number of esters is 1. The fourth-order valence-corrected chi connectivity index (χ4v) is 5.29. The van der Waals surface area contributed by atoms with Crippen LogP contribution in [-0.2, 0) is 28.3 Å². The quantitative estimate of drug-likeness (QED) is 0.0756. The molecule has 31 heavy (non-hydrogen) atoms. The van der Waals surface area contributed by atoms with E-state index in [-0.39, 0.29) is 17.6 Å². The maximum absolute atomic E-state index is 13.0.